The lowest BCUT2D eigenvalue weighted by molar-refractivity contribution is 1.32. The summed E-state index contributed by atoms with van der Waals surface area (Å²) in [4.78, 5) is 3.83. The molecule has 0 heterocycles. The van der Waals surface area contributed by atoms with Gasteiger partial charge in [0.05, 0.1) is 0 Å². The SMILES string of the molecule is C=C(Cl)N=CC(C)=C(C)C. The van der Waals surface area contributed by atoms with Gasteiger partial charge >= 0.3 is 0 Å². The standard InChI is InChI=1S/C8H12ClN/c1-6(2)7(3)5-10-8(4)9/h5H,4H2,1-3H3. The molecule has 0 radical (unpaired) electrons. The fourth-order valence-corrected chi connectivity index (χ4v) is 0.345. The van der Waals surface area contributed by atoms with E-state index in [1.165, 1.54) is 5.57 Å². The Kier molecular flexibility index (Phi) is 4.05. The summed E-state index contributed by atoms with van der Waals surface area (Å²) in [5, 5.41) is 0.320. The van der Waals surface area contributed by atoms with Crippen molar-refractivity contribution in [1.29, 1.82) is 0 Å². The van der Waals surface area contributed by atoms with Crippen LogP contribution in [0.5, 0.6) is 0 Å². The molecular weight excluding hydrogens is 146 g/mol. The van der Waals surface area contributed by atoms with Gasteiger partial charge in [0.15, 0.2) is 0 Å². The lowest BCUT2D eigenvalue weighted by Crippen LogP contribution is -1.80. The van der Waals surface area contributed by atoms with Crippen LogP contribution in [0.1, 0.15) is 20.8 Å². The molecule has 0 rings (SSSR count). The molecule has 0 saturated heterocycles. The predicted octanol–water partition coefficient (Wildman–Crippen LogP) is 3.12. The second kappa shape index (κ2) is 4.29. The molecule has 0 aromatic rings. The zero-order valence-electron chi connectivity index (χ0n) is 6.61. The summed E-state index contributed by atoms with van der Waals surface area (Å²) in [5.41, 5.74) is 2.36. The Morgan fingerprint density at radius 3 is 2.20 bits per heavy atom. The van der Waals surface area contributed by atoms with Crippen LogP contribution in [-0.2, 0) is 0 Å². The van der Waals surface area contributed by atoms with Gasteiger partial charge in [0.2, 0.25) is 0 Å². The molecule has 0 unspecified atom stereocenters. The van der Waals surface area contributed by atoms with Crippen LogP contribution in [-0.4, -0.2) is 6.21 Å². The third-order valence-corrected chi connectivity index (χ3v) is 1.28. The highest BCUT2D eigenvalue weighted by Gasteiger charge is 1.85. The Labute approximate surface area is 67.1 Å². The van der Waals surface area contributed by atoms with Gasteiger partial charge in [-0.05, 0) is 26.3 Å². The quantitative estimate of drug-likeness (QED) is 0.432. The molecule has 2 heteroatoms. The van der Waals surface area contributed by atoms with Crippen molar-refractivity contribution < 1.29 is 0 Å². The van der Waals surface area contributed by atoms with E-state index in [1.807, 2.05) is 20.8 Å². The number of hydrogen-bond acceptors (Lipinski definition) is 1. The molecular formula is C8H12ClN. The number of halogens is 1. The molecule has 0 fully saturated rings. The summed E-state index contributed by atoms with van der Waals surface area (Å²) >= 11 is 5.41. The van der Waals surface area contributed by atoms with Crippen LogP contribution in [0.15, 0.2) is 27.9 Å². The topological polar surface area (TPSA) is 12.4 Å². The van der Waals surface area contributed by atoms with Crippen molar-refractivity contribution >= 4 is 17.8 Å². The molecule has 0 bridgehead atoms. The van der Waals surface area contributed by atoms with Crippen molar-refractivity contribution in [1.82, 2.24) is 0 Å². The minimum absolute atomic E-state index is 0.320. The Bertz CT molecular complexity index is 185. The number of allylic oxidation sites excluding steroid dienone is 2. The zero-order chi connectivity index (χ0) is 8.15. The molecule has 1 nitrogen and oxygen atoms in total. The molecule has 56 valence electrons. The van der Waals surface area contributed by atoms with Crippen molar-refractivity contribution in [2.45, 2.75) is 20.8 Å². The highest BCUT2D eigenvalue weighted by Crippen LogP contribution is 2.02. The Hall–Kier alpha value is -0.560. The lowest BCUT2D eigenvalue weighted by atomic mass is 10.2. The summed E-state index contributed by atoms with van der Waals surface area (Å²) in [6.07, 6.45) is 1.71. The molecule has 0 aliphatic carbocycles. The van der Waals surface area contributed by atoms with E-state index in [0.29, 0.717) is 5.16 Å². The van der Waals surface area contributed by atoms with Crippen LogP contribution in [0.25, 0.3) is 0 Å². The molecule has 0 N–H and O–H groups in total. The van der Waals surface area contributed by atoms with E-state index in [0.717, 1.165) is 5.57 Å². The first-order valence-corrected chi connectivity index (χ1v) is 3.44. The molecule has 0 aromatic heterocycles. The Morgan fingerprint density at radius 2 is 1.90 bits per heavy atom. The van der Waals surface area contributed by atoms with Gasteiger partial charge in [-0.15, -0.1) is 0 Å². The van der Waals surface area contributed by atoms with Gasteiger partial charge in [0, 0.05) is 6.21 Å². The first-order chi connectivity index (χ1) is 4.54. The minimum atomic E-state index is 0.320. The van der Waals surface area contributed by atoms with E-state index >= 15 is 0 Å². The highest BCUT2D eigenvalue weighted by molar-refractivity contribution is 6.29. The van der Waals surface area contributed by atoms with E-state index in [-0.39, 0.29) is 0 Å². The fraction of sp³-hybridized carbons (Fsp3) is 0.375. The van der Waals surface area contributed by atoms with Crippen LogP contribution in [0.4, 0.5) is 0 Å². The van der Waals surface area contributed by atoms with Gasteiger partial charge in [-0.25, -0.2) is 4.99 Å². The number of nitrogens with zero attached hydrogens (tertiary/aromatic N) is 1. The molecule has 10 heavy (non-hydrogen) atoms. The van der Waals surface area contributed by atoms with Gasteiger partial charge in [0.25, 0.3) is 0 Å². The van der Waals surface area contributed by atoms with Crippen molar-refractivity contribution in [2.24, 2.45) is 4.99 Å². The van der Waals surface area contributed by atoms with Crippen molar-refractivity contribution in [3.05, 3.63) is 22.9 Å². The lowest BCUT2D eigenvalue weighted by Gasteiger charge is -1.92. The van der Waals surface area contributed by atoms with Crippen LogP contribution in [0, 0.1) is 0 Å². The Balaban J connectivity index is 4.16. The maximum Gasteiger partial charge on any atom is 0.121 e. The fourth-order valence-electron chi connectivity index (χ4n) is 0.296. The third-order valence-electron chi connectivity index (χ3n) is 1.19. The van der Waals surface area contributed by atoms with Crippen molar-refractivity contribution in [2.75, 3.05) is 0 Å². The average molecular weight is 158 g/mol. The van der Waals surface area contributed by atoms with E-state index in [9.17, 15) is 0 Å². The average Bonchev–Trinajstić information content (AvgIpc) is 1.82. The van der Waals surface area contributed by atoms with Crippen LogP contribution < -0.4 is 0 Å². The second-order valence-corrected chi connectivity index (χ2v) is 2.75. The normalized spacial score (nSPS) is 10.0. The zero-order valence-corrected chi connectivity index (χ0v) is 7.37. The van der Waals surface area contributed by atoms with E-state index in [1.54, 1.807) is 6.21 Å². The van der Waals surface area contributed by atoms with Crippen LogP contribution in [0.3, 0.4) is 0 Å². The van der Waals surface area contributed by atoms with Gasteiger partial charge in [-0.1, -0.05) is 23.8 Å². The summed E-state index contributed by atoms with van der Waals surface area (Å²) < 4.78 is 0. The summed E-state index contributed by atoms with van der Waals surface area (Å²) in [5.74, 6) is 0. The molecule has 0 aliphatic heterocycles. The smallest absolute Gasteiger partial charge is 0.121 e. The van der Waals surface area contributed by atoms with Gasteiger partial charge in [0.1, 0.15) is 5.16 Å². The molecule has 0 atom stereocenters. The summed E-state index contributed by atoms with van der Waals surface area (Å²) in [6, 6.07) is 0. The number of aliphatic imine (C=N–C) groups is 1. The molecule has 0 aliphatic rings. The van der Waals surface area contributed by atoms with E-state index < -0.39 is 0 Å². The maximum absolute atomic E-state index is 5.41. The van der Waals surface area contributed by atoms with Gasteiger partial charge in [-0.2, -0.15) is 0 Å². The van der Waals surface area contributed by atoms with E-state index in [2.05, 4.69) is 11.6 Å². The predicted molar refractivity (Wildman–Crippen MR) is 47.5 cm³/mol. The van der Waals surface area contributed by atoms with Crippen LogP contribution in [0.2, 0.25) is 0 Å². The maximum atomic E-state index is 5.41. The second-order valence-electron chi connectivity index (χ2n) is 2.32. The molecule has 0 saturated carbocycles. The summed E-state index contributed by atoms with van der Waals surface area (Å²) in [7, 11) is 0. The minimum Gasteiger partial charge on any atom is -0.245 e. The van der Waals surface area contributed by atoms with Gasteiger partial charge < -0.3 is 0 Å². The molecule has 0 aromatic carbocycles. The molecule has 0 amide bonds. The monoisotopic (exact) mass is 157 g/mol. The molecule has 0 spiro atoms. The van der Waals surface area contributed by atoms with Crippen molar-refractivity contribution in [3.63, 3.8) is 0 Å². The number of rotatable bonds is 2. The first kappa shape index (κ1) is 9.44. The van der Waals surface area contributed by atoms with Crippen LogP contribution >= 0.6 is 11.6 Å². The largest absolute Gasteiger partial charge is 0.245 e. The highest BCUT2D eigenvalue weighted by atomic mass is 35.5. The Morgan fingerprint density at radius 1 is 1.40 bits per heavy atom. The number of hydrogen-bond donors (Lipinski definition) is 0. The van der Waals surface area contributed by atoms with Crippen molar-refractivity contribution in [3.8, 4) is 0 Å². The first-order valence-electron chi connectivity index (χ1n) is 3.06. The van der Waals surface area contributed by atoms with E-state index in [4.69, 9.17) is 11.6 Å². The summed E-state index contributed by atoms with van der Waals surface area (Å²) in [6.45, 7) is 9.47. The van der Waals surface area contributed by atoms with Gasteiger partial charge in [-0.3, -0.25) is 0 Å². The third kappa shape index (κ3) is 4.33.